The number of anilines is 1. The molecule has 19 heavy (non-hydrogen) atoms. The minimum atomic E-state index is -0.0708. The number of hydrogen-bond donors (Lipinski definition) is 1. The van der Waals surface area contributed by atoms with Crippen LogP contribution in [-0.4, -0.2) is 29.5 Å². The first-order valence-electron chi connectivity index (χ1n) is 5.82. The van der Waals surface area contributed by atoms with Crippen LogP contribution in [0.25, 0.3) is 0 Å². The molecule has 1 aromatic rings. The molecule has 2 aliphatic heterocycles. The van der Waals surface area contributed by atoms with Crippen LogP contribution < -0.4 is 5.32 Å². The number of amides is 1. The molecule has 0 spiro atoms. The molecule has 0 saturated carbocycles. The topological polar surface area (TPSA) is 57.1 Å². The maximum Gasteiger partial charge on any atom is 0.232 e. The molecule has 0 fully saturated rings. The first-order chi connectivity index (χ1) is 9.22. The number of fused-ring (bicyclic) bond motifs is 1. The summed E-state index contributed by atoms with van der Waals surface area (Å²) < 4.78 is 0.910. The predicted octanol–water partition coefficient (Wildman–Crippen LogP) is 2.68. The second-order valence-electron chi connectivity index (χ2n) is 4.20. The molecule has 0 atom stereocenters. The van der Waals surface area contributed by atoms with Crippen molar-refractivity contribution in [1.29, 1.82) is 0 Å². The number of nitrogens with zero attached hydrogens (tertiary/aromatic N) is 3. The summed E-state index contributed by atoms with van der Waals surface area (Å²) in [5.41, 5.74) is 1.48. The number of carbonyl (C=O) groups excluding carboxylic acids is 1. The number of halogens is 1. The van der Waals surface area contributed by atoms with Crippen LogP contribution in [0.2, 0.25) is 0 Å². The molecule has 0 aliphatic carbocycles. The Kier molecular flexibility index (Phi) is 3.16. The van der Waals surface area contributed by atoms with Crippen LogP contribution in [-0.2, 0) is 4.79 Å². The second kappa shape index (κ2) is 4.97. The van der Waals surface area contributed by atoms with Crippen molar-refractivity contribution in [2.24, 2.45) is 9.98 Å². The summed E-state index contributed by atoms with van der Waals surface area (Å²) in [5.74, 6) is 0.630. The molecule has 5 nitrogen and oxygen atoms in total. The van der Waals surface area contributed by atoms with Crippen LogP contribution in [0.5, 0.6) is 0 Å². The maximum atomic E-state index is 11.9. The van der Waals surface area contributed by atoms with Gasteiger partial charge < -0.3 is 10.2 Å². The van der Waals surface area contributed by atoms with Gasteiger partial charge in [-0.25, -0.2) is 4.99 Å². The standard InChI is InChI=1S/C13H11BrN4O/c14-9-2-3-10-11(6-9)17-13(19)7-12(16-10)18-5-1-4-15-8-18/h1-6H,7-8H2,(H,17,19). The van der Waals surface area contributed by atoms with E-state index in [9.17, 15) is 4.79 Å². The molecular weight excluding hydrogens is 308 g/mol. The third kappa shape index (κ3) is 2.58. The van der Waals surface area contributed by atoms with E-state index in [-0.39, 0.29) is 12.3 Å². The van der Waals surface area contributed by atoms with Crippen molar-refractivity contribution in [2.45, 2.75) is 6.42 Å². The monoisotopic (exact) mass is 318 g/mol. The normalized spacial score (nSPS) is 17.6. The van der Waals surface area contributed by atoms with Gasteiger partial charge in [0.2, 0.25) is 5.91 Å². The quantitative estimate of drug-likeness (QED) is 0.799. The summed E-state index contributed by atoms with van der Waals surface area (Å²) in [5, 5.41) is 2.86. The molecule has 0 aromatic heterocycles. The molecular formula is C13H11BrN4O. The van der Waals surface area contributed by atoms with Crippen molar-refractivity contribution >= 4 is 45.3 Å². The molecule has 1 amide bonds. The lowest BCUT2D eigenvalue weighted by Crippen LogP contribution is -2.30. The lowest BCUT2D eigenvalue weighted by Gasteiger charge is -2.20. The van der Waals surface area contributed by atoms with E-state index in [1.54, 1.807) is 6.21 Å². The van der Waals surface area contributed by atoms with E-state index in [2.05, 4.69) is 31.2 Å². The molecule has 96 valence electrons. The molecule has 0 bridgehead atoms. The second-order valence-corrected chi connectivity index (χ2v) is 5.11. The van der Waals surface area contributed by atoms with Gasteiger partial charge in [0.15, 0.2) is 0 Å². The zero-order chi connectivity index (χ0) is 13.2. The van der Waals surface area contributed by atoms with Gasteiger partial charge in [0.25, 0.3) is 0 Å². The Hall–Kier alpha value is -1.95. The molecule has 0 unspecified atom stereocenters. The Morgan fingerprint density at radius 1 is 1.37 bits per heavy atom. The Labute approximate surface area is 118 Å². The predicted molar refractivity (Wildman–Crippen MR) is 78.8 cm³/mol. The van der Waals surface area contributed by atoms with Crippen LogP contribution in [0, 0.1) is 0 Å². The van der Waals surface area contributed by atoms with Crippen molar-refractivity contribution in [3.8, 4) is 0 Å². The fourth-order valence-corrected chi connectivity index (χ4v) is 2.30. The Bertz CT molecular complexity index is 621. The molecule has 0 saturated heterocycles. The summed E-state index contributed by atoms with van der Waals surface area (Å²) in [6.07, 6.45) is 5.69. The number of nitrogens with one attached hydrogen (secondary N) is 1. The average Bonchev–Trinajstić information content (AvgIpc) is 2.57. The van der Waals surface area contributed by atoms with E-state index in [1.807, 2.05) is 35.4 Å². The highest BCUT2D eigenvalue weighted by molar-refractivity contribution is 9.10. The molecule has 0 radical (unpaired) electrons. The molecule has 6 heteroatoms. The first kappa shape index (κ1) is 12.1. The van der Waals surface area contributed by atoms with Crippen LogP contribution in [0.4, 0.5) is 11.4 Å². The highest BCUT2D eigenvalue weighted by atomic mass is 79.9. The fourth-order valence-electron chi connectivity index (χ4n) is 1.94. The number of hydrogen-bond acceptors (Lipinski definition) is 4. The number of rotatable bonds is 0. The van der Waals surface area contributed by atoms with Crippen molar-refractivity contribution < 1.29 is 4.79 Å². The van der Waals surface area contributed by atoms with Crippen LogP contribution >= 0.6 is 15.9 Å². The molecule has 2 aliphatic rings. The molecule has 1 aromatic carbocycles. The van der Waals surface area contributed by atoms with Crippen molar-refractivity contribution in [3.63, 3.8) is 0 Å². The van der Waals surface area contributed by atoms with Crippen LogP contribution in [0.3, 0.4) is 0 Å². The van der Waals surface area contributed by atoms with E-state index < -0.39 is 0 Å². The highest BCUT2D eigenvalue weighted by Crippen LogP contribution is 2.31. The highest BCUT2D eigenvalue weighted by Gasteiger charge is 2.19. The maximum absolute atomic E-state index is 11.9. The van der Waals surface area contributed by atoms with E-state index in [0.29, 0.717) is 12.5 Å². The van der Waals surface area contributed by atoms with Gasteiger partial charge in [0, 0.05) is 16.9 Å². The molecule has 1 N–H and O–H groups in total. The minimum Gasteiger partial charge on any atom is -0.324 e. The van der Waals surface area contributed by atoms with E-state index in [1.165, 1.54) is 0 Å². The average molecular weight is 319 g/mol. The summed E-state index contributed by atoms with van der Waals surface area (Å²) in [6.45, 7) is 0.495. The number of allylic oxidation sites excluding steroid dienone is 1. The third-order valence-electron chi connectivity index (χ3n) is 2.82. The number of carbonyl (C=O) groups is 1. The number of amidine groups is 1. The zero-order valence-corrected chi connectivity index (χ0v) is 11.6. The zero-order valence-electron chi connectivity index (χ0n) is 10.0. The van der Waals surface area contributed by atoms with Crippen LogP contribution in [0.15, 0.2) is 44.9 Å². The van der Waals surface area contributed by atoms with Gasteiger partial charge in [-0.3, -0.25) is 9.79 Å². The van der Waals surface area contributed by atoms with Gasteiger partial charge in [-0.05, 0) is 24.3 Å². The lowest BCUT2D eigenvalue weighted by molar-refractivity contribution is -0.115. The summed E-state index contributed by atoms with van der Waals surface area (Å²) in [6, 6.07) is 5.63. The van der Waals surface area contributed by atoms with Gasteiger partial charge >= 0.3 is 0 Å². The first-order valence-corrected chi connectivity index (χ1v) is 6.62. The van der Waals surface area contributed by atoms with E-state index >= 15 is 0 Å². The largest absolute Gasteiger partial charge is 0.324 e. The smallest absolute Gasteiger partial charge is 0.232 e. The summed E-state index contributed by atoms with van der Waals surface area (Å²) in [7, 11) is 0. The van der Waals surface area contributed by atoms with Gasteiger partial charge in [-0.15, -0.1) is 0 Å². The Morgan fingerprint density at radius 3 is 3.05 bits per heavy atom. The SMILES string of the molecule is O=C1CC(N2C=CC=NC2)=Nc2ccc(Br)cc2N1. The summed E-state index contributed by atoms with van der Waals surface area (Å²) >= 11 is 3.39. The fraction of sp³-hybridized carbons (Fsp3) is 0.154. The Balaban J connectivity index is 2.00. The van der Waals surface area contributed by atoms with Gasteiger partial charge in [0.05, 0.1) is 17.8 Å². The van der Waals surface area contributed by atoms with Gasteiger partial charge in [-0.2, -0.15) is 0 Å². The summed E-state index contributed by atoms with van der Waals surface area (Å²) in [4.78, 5) is 22.5. The third-order valence-corrected chi connectivity index (χ3v) is 3.32. The number of aliphatic imine (C=N–C) groups is 2. The van der Waals surface area contributed by atoms with Crippen molar-refractivity contribution in [3.05, 3.63) is 34.9 Å². The van der Waals surface area contributed by atoms with Crippen LogP contribution in [0.1, 0.15) is 6.42 Å². The number of benzene rings is 1. The van der Waals surface area contributed by atoms with Crippen molar-refractivity contribution in [1.82, 2.24) is 4.90 Å². The Morgan fingerprint density at radius 2 is 2.26 bits per heavy atom. The van der Waals surface area contributed by atoms with E-state index in [4.69, 9.17) is 0 Å². The van der Waals surface area contributed by atoms with Gasteiger partial charge in [-0.1, -0.05) is 15.9 Å². The van der Waals surface area contributed by atoms with Crippen molar-refractivity contribution in [2.75, 3.05) is 12.0 Å². The van der Waals surface area contributed by atoms with E-state index in [0.717, 1.165) is 15.8 Å². The lowest BCUT2D eigenvalue weighted by atomic mass is 10.3. The molecule has 3 rings (SSSR count). The molecule has 2 heterocycles. The minimum absolute atomic E-state index is 0.0708. The van der Waals surface area contributed by atoms with Gasteiger partial charge in [0.1, 0.15) is 12.5 Å².